The zero-order valence-electron chi connectivity index (χ0n) is 12.3. The van der Waals surface area contributed by atoms with Gasteiger partial charge in [-0.1, -0.05) is 12.1 Å². The van der Waals surface area contributed by atoms with Crippen molar-refractivity contribution in [1.29, 1.82) is 5.26 Å². The van der Waals surface area contributed by atoms with E-state index in [1.165, 1.54) is 0 Å². The van der Waals surface area contributed by atoms with E-state index in [1.54, 1.807) is 41.9 Å². The second kappa shape index (κ2) is 6.23. The van der Waals surface area contributed by atoms with Crippen LogP contribution in [-0.2, 0) is 11.3 Å². The highest BCUT2D eigenvalue weighted by atomic mass is 16.5. The van der Waals surface area contributed by atoms with Gasteiger partial charge in [0.1, 0.15) is 11.8 Å². The lowest BCUT2D eigenvalue weighted by Crippen LogP contribution is -2.14. The van der Waals surface area contributed by atoms with Crippen molar-refractivity contribution in [3.63, 3.8) is 0 Å². The van der Waals surface area contributed by atoms with E-state index in [2.05, 4.69) is 11.2 Å². The number of benzene rings is 1. The lowest BCUT2D eigenvalue weighted by molar-refractivity contribution is 0.0323. The molecule has 0 N–H and O–H groups in total. The maximum atomic E-state index is 12.2. The van der Waals surface area contributed by atoms with Crippen LogP contribution in [0.2, 0.25) is 0 Å². The summed E-state index contributed by atoms with van der Waals surface area (Å²) >= 11 is 0. The van der Waals surface area contributed by atoms with Crippen molar-refractivity contribution in [2.45, 2.75) is 33.4 Å². The number of nitriles is 1. The van der Waals surface area contributed by atoms with Crippen LogP contribution in [0, 0.1) is 18.3 Å². The first kappa shape index (κ1) is 14.8. The molecule has 0 spiro atoms. The van der Waals surface area contributed by atoms with Crippen LogP contribution in [0.15, 0.2) is 30.3 Å². The van der Waals surface area contributed by atoms with Gasteiger partial charge in [-0.15, -0.1) is 0 Å². The third kappa shape index (κ3) is 3.29. The van der Waals surface area contributed by atoms with Gasteiger partial charge in [-0.2, -0.15) is 10.4 Å². The molecule has 0 aliphatic carbocycles. The van der Waals surface area contributed by atoms with Gasteiger partial charge in [0, 0.05) is 6.54 Å². The van der Waals surface area contributed by atoms with Gasteiger partial charge in [0.05, 0.1) is 17.3 Å². The minimum absolute atomic E-state index is 0.384. The molecule has 21 heavy (non-hydrogen) atoms. The standard InChI is InChI=1S/C16H17N3O2/c1-4-19-15(9-11(2)18-19)16(20)21-12(3)14-7-5-13(10-17)6-8-14/h5-9,12H,4H2,1-3H3/t12-/m0/s1. The van der Waals surface area contributed by atoms with Gasteiger partial charge >= 0.3 is 5.97 Å². The fraction of sp³-hybridized carbons (Fsp3) is 0.312. The van der Waals surface area contributed by atoms with Gasteiger partial charge in [-0.05, 0) is 44.5 Å². The van der Waals surface area contributed by atoms with E-state index in [-0.39, 0.29) is 6.10 Å². The zero-order chi connectivity index (χ0) is 15.4. The maximum absolute atomic E-state index is 12.2. The number of hydrogen-bond acceptors (Lipinski definition) is 4. The number of aryl methyl sites for hydroxylation is 2. The number of aromatic nitrogens is 2. The summed E-state index contributed by atoms with van der Waals surface area (Å²) < 4.78 is 7.10. The molecule has 0 aliphatic rings. The highest BCUT2D eigenvalue weighted by Gasteiger charge is 2.18. The summed E-state index contributed by atoms with van der Waals surface area (Å²) in [5.74, 6) is -0.394. The molecule has 0 amide bonds. The molecule has 5 nitrogen and oxygen atoms in total. The Labute approximate surface area is 123 Å². The van der Waals surface area contributed by atoms with Crippen molar-refractivity contribution in [2.24, 2.45) is 0 Å². The second-order valence-corrected chi connectivity index (χ2v) is 4.77. The number of nitrogens with zero attached hydrogens (tertiary/aromatic N) is 3. The first-order chi connectivity index (χ1) is 10.0. The van der Waals surface area contributed by atoms with Crippen LogP contribution >= 0.6 is 0 Å². The predicted octanol–water partition coefficient (Wildman–Crippen LogP) is 3.00. The van der Waals surface area contributed by atoms with Gasteiger partial charge in [-0.3, -0.25) is 4.68 Å². The Morgan fingerprint density at radius 1 is 1.43 bits per heavy atom. The Bertz CT molecular complexity index is 681. The molecule has 0 saturated carbocycles. The summed E-state index contributed by atoms with van der Waals surface area (Å²) in [6, 6.07) is 10.8. The van der Waals surface area contributed by atoms with E-state index in [1.807, 2.05) is 13.8 Å². The Morgan fingerprint density at radius 3 is 2.67 bits per heavy atom. The average molecular weight is 283 g/mol. The van der Waals surface area contributed by atoms with E-state index in [9.17, 15) is 4.79 Å². The van der Waals surface area contributed by atoms with Crippen LogP contribution in [0.4, 0.5) is 0 Å². The fourth-order valence-corrected chi connectivity index (χ4v) is 2.07. The minimum Gasteiger partial charge on any atom is -0.453 e. The molecule has 0 unspecified atom stereocenters. The van der Waals surface area contributed by atoms with Crippen LogP contribution in [0.25, 0.3) is 0 Å². The lowest BCUT2D eigenvalue weighted by Gasteiger charge is -2.14. The van der Waals surface area contributed by atoms with Crippen LogP contribution in [0.3, 0.4) is 0 Å². The quantitative estimate of drug-likeness (QED) is 0.809. The minimum atomic E-state index is -0.394. The number of ether oxygens (including phenoxy) is 1. The predicted molar refractivity (Wildman–Crippen MR) is 77.6 cm³/mol. The summed E-state index contributed by atoms with van der Waals surface area (Å²) in [7, 11) is 0. The normalized spacial score (nSPS) is 11.7. The lowest BCUT2D eigenvalue weighted by atomic mass is 10.1. The third-order valence-corrected chi connectivity index (χ3v) is 3.20. The molecule has 0 saturated heterocycles. The Hall–Kier alpha value is -2.61. The smallest absolute Gasteiger partial charge is 0.357 e. The van der Waals surface area contributed by atoms with E-state index in [0.717, 1.165) is 11.3 Å². The number of carbonyl (C=O) groups excluding carboxylic acids is 1. The second-order valence-electron chi connectivity index (χ2n) is 4.77. The molecule has 1 aromatic heterocycles. The molecule has 0 bridgehead atoms. The Kier molecular flexibility index (Phi) is 4.39. The van der Waals surface area contributed by atoms with Crippen LogP contribution in [0.5, 0.6) is 0 Å². The van der Waals surface area contributed by atoms with Crippen LogP contribution in [-0.4, -0.2) is 15.7 Å². The van der Waals surface area contributed by atoms with Crippen molar-refractivity contribution in [1.82, 2.24) is 9.78 Å². The number of esters is 1. The largest absolute Gasteiger partial charge is 0.453 e. The van der Waals surface area contributed by atoms with Crippen LogP contribution < -0.4 is 0 Å². The monoisotopic (exact) mass is 283 g/mol. The topological polar surface area (TPSA) is 67.9 Å². The van der Waals surface area contributed by atoms with Crippen LogP contribution in [0.1, 0.15) is 47.3 Å². The summed E-state index contributed by atoms with van der Waals surface area (Å²) in [5.41, 5.74) is 2.67. The van der Waals surface area contributed by atoms with Gasteiger partial charge < -0.3 is 4.74 Å². The highest BCUT2D eigenvalue weighted by molar-refractivity contribution is 5.87. The van der Waals surface area contributed by atoms with E-state index in [4.69, 9.17) is 10.00 Å². The van der Waals surface area contributed by atoms with E-state index >= 15 is 0 Å². The molecular weight excluding hydrogens is 266 g/mol. The number of carbonyl (C=O) groups is 1. The molecule has 108 valence electrons. The summed E-state index contributed by atoms with van der Waals surface area (Å²) in [6.45, 7) is 6.18. The molecular formula is C16H17N3O2. The summed E-state index contributed by atoms with van der Waals surface area (Å²) in [4.78, 5) is 12.2. The first-order valence-corrected chi connectivity index (χ1v) is 6.80. The summed E-state index contributed by atoms with van der Waals surface area (Å²) in [5, 5.41) is 13.0. The molecule has 0 radical (unpaired) electrons. The van der Waals surface area contributed by atoms with Crippen molar-refractivity contribution in [2.75, 3.05) is 0 Å². The highest BCUT2D eigenvalue weighted by Crippen LogP contribution is 2.19. The van der Waals surface area contributed by atoms with Gasteiger partial charge in [-0.25, -0.2) is 4.79 Å². The van der Waals surface area contributed by atoms with Crippen molar-refractivity contribution >= 4 is 5.97 Å². The number of rotatable bonds is 4. The van der Waals surface area contributed by atoms with E-state index < -0.39 is 5.97 Å². The molecule has 0 fully saturated rings. The molecule has 0 aliphatic heterocycles. The fourth-order valence-electron chi connectivity index (χ4n) is 2.07. The maximum Gasteiger partial charge on any atom is 0.357 e. The molecule has 1 aromatic carbocycles. The van der Waals surface area contributed by atoms with Crippen molar-refractivity contribution in [3.8, 4) is 6.07 Å². The van der Waals surface area contributed by atoms with E-state index in [0.29, 0.717) is 17.8 Å². The van der Waals surface area contributed by atoms with Gasteiger partial charge in [0.15, 0.2) is 0 Å². The molecule has 1 atom stereocenters. The number of hydrogen-bond donors (Lipinski definition) is 0. The Balaban J connectivity index is 2.12. The van der Waals surface area contributed by atoms with Gasteiger partial charge in [0.2, 0.25) is 0 Å². The zero-order valence-corrected chi connectivity index (χ0v) is 12.3. The third-order valence-electron chi connectivity index (χ3n) is 3.20. The average Bonchev–Trinajstić information content (AvgIpc) is 2.88. The molecule has 2 aromatic rings. The molecule has 2 rings (SSSR count). The summed E-state index contributed by atoms with van der Waals surface area (Å²) in [6.07, 6.45) is -0.384. The molecule has 5 heteroatoms. The Morgan fingerprint density at radius 2 is 2.10 bits per heavy atom. The van der Waals surface area contributed by atoms with Gasteiger partial charge in [0.25, 0.3) is 0 Å². The molecule has 1 heterocycles. The van der Waals surface area contributed by atoms with Crippen molar-refractivity contribution < 1.29 is 9.53 Å². The SMILES string of the molecule is CCn1nc(C)cc1C(=O)O[C@@H](C)c1ccc(C#N)cc1. The van der Waals surface area contributed by atoms with Crippen molar-refractivity contribution in [3.05, 3.63) is 52.8 Å². The first-order valence-electron chi connectivity index (χ1n) is 6.80.